The SMILES string of the molecule is CN=C(NCCc1ccc(C)cc1)N1CCC(c2ncn[nH]2)CC1. The number of guanidine groups is 1. The second-order valence-electron chi connectivity index (χ2n) is 6.34. The number of nitrogens with one attached hydrogen (secondary N) is 2. The number of aromatic amines is 1. The molecule has 0 bridgehead atoms. The first-order valence-electron chi connectivity index (χ1n) is 8.62. The fourth-order valence-corrected chi connectivity index (χ4v) is 3.18. The minimum absolute atomic E-state index is 0.481. The molecule has 2 aromatic rings. The fourth-order valence-electron chi connectivity index (χ4n) is 3.18. The predicted molar refractivity (Wildman–Crippen MR) is 96.2 cm³/mol. The molecule has 6 nitrogen and oxygen atoms in total. The van der Waals surface area contributed by atoms with Crippen LogP contribution in [0.4, 0.5) is 0 Å². The van der Waals surface area contributed by atoms with Crippen molar-refractivity contribution in [2.45, 2.75) is 32.1 Å². The molecule has 2 heterocycles. The summed E-state index contributed by atoms with van der Waals surface area (Å²) in [6.45, 7) is 5.01. The lowest BCUT2D eigenvalue weighted by molar-refractivity contribution is 0.299. The molecule has 1 saturated heterocycles. The summed E-state index contributed by atoms with van der Waals surface area (Å²) in [5.41, 5.74) is 2.66. The summed E-state index contributed by atoms with van der Waals surface area (Å²) in [5.74, 6) is 2.49. The van der Waals surface area contributed by atoms with Gasteiger partial charge in [-0.2, -0.15) is 5.10 Å². The maximum atomic E-state index is 4.44. The van der Waals surface area contributed by atoms with Crippen molar-refractivity contribution in [1.82, 2.24) is 25.4 Å². The highest BCUT2D eigenvalue weighted by molar-refractivity contribution is 5.80. The molecule has 128 valence electrons. The Kier molecular flexibility index (Phi) is 5.46. The molecule has 0 aliphatic carbocycles. The number of aliphatic imine (C=N–C) groups is 1. The van der Waals surface area contributed by atoms with Gasteiger partial charge in [-0.3, -0.25) is 10.1 Å². The van der Waals surface area contributed by atoms with E-state index in [1.165, 1.54) is 11.1 Å². The van der Waals surface area contributed by atoms with Crippen molar-refractivity contribution in [3.63, 3.8) is 0 Å². The molecule has 1 fully saturated rings. The van der Waals surface area contributed by atoms with E-state index in [9.17, 15) is 0 Å². The molecule has 1 aliphatic heterocycles. The monoisotopic (exact) mass is 326 g/mol. The van der Waals surface area contributed by atoms with Gasteiger partial charge < -0.3 is 10.2 Å². The van der Waals surface area contributed by atoms with E-state index in [-0.39, 0.29) is 0 Å². The number of likely N-dealkylation sites (tertiary alicyclic amines) is 1. The molecule has 6 heteroatoms. The van der Waals surface area contributed by atoms with Gasteiger partial charge in [-0.15, -0.1) is 0 Å². The van der Waals surface area contributed by atoms with Crippen molar-refractivity contribution in [2.24, 2.45) is 4.99 Å². The summed E-state index contributed by atoms with van der Waals surface area (Å²) >= 11 is 0. The van der Waals surface area contributed by atoms with Gasteiger partial charge in [0.2, 0.25) is 0 Å². The van der Waals surface area contributed by atoms with E-state index in [0.29, 0.717) is 5.92 Å². The summed E-state index contributed by atoms with van der Waals surface area (Å²) in [6, 6.07) is 8.72. The third-order valence-electron chi connectivity index (χ3n) is 4.64. The minimum atomic E-state index is 0.481. The molecule has 1 aromatic carbocycles. The van der Waals surface area contributed by atoms with Gasteiger partial charge in [0.15, 0.2) is 5.96 Å². The van der Waals surface area contributed by atoms with Crippen LogP contribution in [0.3, 0.4) is 0 Å². The standard InChI is InChI=1S/C18H26N6/c1-14-3-5-15(6-4-14)7-10-20-18(19-2)24-11-8-16(9-12-24)17-21-13-22-23-17/h3-6,13,16H,7-12H2,1-2H3,(H,19,20)(H,21,22,23). The van der Waals surface area contributed by atoms with Gasteiger partial charge in [-0.05, 0) is 31.7 Å². The zero-order valence-corrected chi connectivity index (χ0v) is 14.5. The Balaban J connectivity index is 1.46. The van der Waals surface area contributed by atoms with Crippen LogP contribution in [0.25, 0.3) is 0 Å². The molecule has 0 atom stereocenters. The highest BCUT2D eigenvalue weighted by Gasteiger charge is 2.24. The van der Waals surface area contributed by atoms with Crippen LogP contribution < -0.4 is 5.32 Å². The van der Waals surface area contributed by atoms with Crippen LogP contribution in [-0.4, -0.2) is 52.7 Å². The predicted octanol–water partition coefficient (Wildman–Crippen LogP) is 2.11. The fraction of sp³-hybridized carbons (Fsp3) is 0.500. The molecule has 0 spiro atoms. The maximum Gasteiger partial charge on any atom is 0.193 e. The average Bonchev–Trinajstić information content (AvgIpc) is 3.15. The van der Waals surface area contributed by atoms with Gasteiger partial charge in [-0.1, -0.05) is 29.8 Å². The number of hydrogen-bond acceptors (Lipinski definition) is 3. The second kappa shape index (κ2) is 7.95. The van der Waals surface area contributed by atoms with Crippen LogP contribution in [0.2, 0.25) is 0 Å². The van der Waals surface area contributed by atoms with Gasteiger partial charge >= 0.3 is 0 Å². The van der Waals surface area contributed by atoms with Crippen molar-refractivity contribution in [1.29, 1.82) is 0 Å². The lowest BCUT2D eigenvalue weighted by atomic mass is 9.96. The Labute approximate surface area is 143 Å². The summed E-state index contributed by atoms with van der Waals surface area (Å²) in [6.07, 6.45) is 4.75. The second-order valence-corrected chi connectivity index (χ2v) is 6.34. The Bertz CT molecular complexity index is 639. The van der Waals surface area contributed by atoms with Gasteiger partial charge in [0, 0.05) is 32.6 Å². The van der Waals surface area contributed by atoms with Gasteiger partial charge in [0.25, 0.3) is 0 Å². The van der Waals surface area contributed by atoms with Crippen LogP contribution >= 0.6 is 0 Å². The smallest absolute Gasteiger partial charge is 0.193 e. The quantitative estimate of drug-likeness (QED) is 0.667. The number of benzene rings is 1. The van der Waals surface area contributed by atoms with E-state index in [1.54, 1.807) is 6.33 Å². The summed E-state index contributed by atoms with van der Waals surface area (Å²) in [7, 11) is 1.86. The normalized spacial score (nSPS) is 16.4. The molecule has 0 amide bonds. The zero-order chi connectivity index (χ0) is 16.8. The van der Waals surface area contributed by atoms with Crippen molar-refractivity contribution in [3.05, 3.63) is 47.5 Å². The maximum absolute atomic E-state index is 4.44. The number of piperidine rings is 1. The van der Waals surface area contributed by atoms with Crippen LogP contribution in [0, 0.1) is 6.92 Å². The first-order chi connectivity index (χ1) is 11.8. The lowest BCUT2D eigenvalue weighted by Gasteiger charge is -2.33. The summed E-state index contributed by atoms with van der Waals surface area (Å²) < 4.78 is 0. The van der Waals surface area contributed by atoms with E-state index < -0.39 is 0 Å². The third kappa shape index (κ3) is 4.13. The first-order valence-corrected chi connectivity index (χ1v) is 8.62. The Morgan fingerprint density at radius 3 is 2.67 bits per heavy atom. The number of H-pyrrole nitrogens is 1. The van der Waals surface area contributed by atoms with E-state index in [0.717, 1.165) is 50.7 Å². The topological polar surface area (TPSA) is 69.2 Å². The molecule has 24 heavy (non-hydrogen) atoms. The lowest BCUT2D eigenvalue weighted by Crippen LogP contribution is -2.45. The van der Waals surface area contributed by atoms with Crippen molar-refractivity contribution in [3.8, 4) is 0 Å². The van der Waals surface area contributed by atoms with E-state index in [1.807, 2.05) is 7.05 Å². The van der Waals surface area contributed by atoms with E-state index >= 15 is 0 Å². The number of aryl methyl sites for hydroxylation is 1. The largest absolute Gasteiger partial charge is 0.356 e. The van der Waals surface area contributed by atoms with Gasteiger partial charge in [0.05, 0.1) is 0 Å². The van der Waals surface area contributed by atoms with Crippen LogP contribution in [0.1, 0.15) is 35.7 Å². The third-order valence-corrected chi connectivity index (χ3v) is 4.64. The van der Waals surface area contributed by atoms with Crippen molar-refractivity contribution < 1.29 is 0 Å². The zero-order valence-electron chi connectivity index (χ0n) is 14.5. The van der Waals surface area contributed by atoms with Gasteiger partial charge in [-0.25, -0.2) is 4.98 Å². The Morgan fingerprint density at radius 2 is 2.04 bits per heavy atom. The molecule has 0 radical (unpaired) electrons. The van der Waals surface area contributed by atoms with Crippen molar-refractivity contribution >= 4 is 5.96 Å². The van der Waals surface area contributed by atoms with E-state index in [2.05, 4.69) is 61.6 Å². The number of aromatic nitrogens is 3. The molecule has 1 aliphatic rings. The highest BCUT2D eigenvalue weighted by Crippen LogP contribution is 2.24. The molecule has 3 rings (SSSR count). The average molecular weight is 326 g/mol. The van der Waals surface area contributed by atoms with Crippen molar-refractivity contribution in [2.75, 3.05) is 26.7 Å². The summed E-state index contributed by atoms with van der Waals surface area (Å²) in [4.78, 5) is 11.1. The number of nitrogens with zero attached hydrogens (tertiary/aromatic N) is 4. The van der Waals surface area contributed by atoms with Crippen LogP contribution in [-0.2, 0) is 6.42 Å². The number of rotatable bonds is 4. The van der Waals surface area contributed by atoms with E-state index in [4.69, 9.17) is 0 Å². The molecular formula is C18H26N6. The molecule has 2 N–H and O–H groups in total. The van der Waals surface area contributed by atoms with Crippen LogP contribution in [0.5, 0.6) is 0 Å². The van der Waals surface area contributed by atoms with Crippen LogP contribution in [0.15, 0.2) is 35.6 Å². The summed E-state index contributed by atoms with van der Waals surface area (Å²) in [5, 5.41) is 10.4. The minimum Gasteiger partial charge on any atom is -0.356 e. The van der Waals surface area contributed by atoms with Gasteiger partial charge in [0.1, 0.15) is 12.2 Å². The molecule has 1 aromatic heterocycles. The molecular weight excluding hydrogens is 300 g/mol. The molecule has 0 unspecified atom stereocenters. The molecule has 0 saturated carbocycles. The Morgan fingerprint density at radius 1 is 1.29 bits per heavy atom. The highest BCUT2D eigenvalue weighted by atomic mass is 15.3. The number of hydrogen-bond donors (Lipinski definition) is 2. The first kappa shape index (κ1) is 16.5. The Hall–Kier alpha value is -2.37.